The molecule has 0 aliphatic carbocycles. The van der Waals surface area contributed by atoms with Crippen LogP contribution in [0.5, 0.6) is 0 Å². The smallest absolute Gasteiger partial charge is 0.259 e. The Kier molecular flexibility index (Phi) is 7.66. The van der Waals surface area contributed by atoms with E-state index in [1.165, 1.54) is 11.3 Å². The Hall–Kier alpha value is -5.46. The summed E-state index contributed by atoms with van der Waals surface area (Å²) in [6.07, 6.45) is 4.02. The molecule has 51 heavy (non-hydrogen) atoms. The number of carbonyl (C=O) groups excluding carboxylic acids is 2. The van der Waals surface area contributed by atoms with E-state index in [2.05, 4.69) is 25.2 Å². The van der Waals surface area contributed by atoms with Gasteiger partial charge >= 0.3 is 0 Å². The van der Waals surface area contributed by atoms with Gasteiger partial charge in [-0.2, -0.15) is 0 Å². The van der Waals surface area contributed by atoms with Crippen molar-refractivity contribution in [1.82, 2.24) is 19.9 Å². The van der Waals surface area contributed by atoms with Crippen molar-refractivity contribution in [3.8, 4) is 21.3 Å². The fourth-order valence-corrected chi connectivity index (χ4v) is 8.64. The number of nitrogens with one attached hydrogen (secondary N) is 2. The molecule has 3 aliphatic rings. The highest BCUT2D eigenvalue weighted by molar-refractivity contribution is 7.19. The molecule has 12 heteroatoms. The number of hydrogen-bond acceptors (Lipinski definition) is 8. The number of H-pyrrole nitrogens is 1. The molecule has 0 bridgehead atoms. The largest absolute Gasteiger partial charge is 0.381 e. The van der Waals surface area contributed by atoms with E-state index in [0.29, 0.717) is 61.6 Å². The predicted octanol–water partition coefficient (Wildman–Crippen LogP) is 7.27. The van der Waals surface area contributed by atoms with Gasteiger partial charge < -0.3 is 24.8 Å². The summed E-state index contributed by atoms with van der Waals surface area (Å²) >= 11 is 1.29. The number of halogens is 1. The van der Waals surface area contributed by atoms with Gasteiger partial charge in [-0.3, -0.25) is 14.6 Å². The number of thiophene rings is 1. The summed E-state index contributed by atoms with van der Waals surface area (Å²) < 4.78 is 21.7. The van der Waals surface area contributed by atoms with Gasteiger partial charge in [0.25, 0.3) is 11.8 Å². The number of fused-ring (bicyclic) bond motifs is 4. The standard InChI is InChI=1S/C39H34FN7O3S/c1-23-8-13-27(36(42-23)46-21-39(22-46)15-19-50-20-16-39)37(48)43-25-11-9-24(10-12-25)38(49)47-18-14-26-31(40)34(35-44-28-5-2-3-6-29(28)45-35)51-33(26)32-30(47)7-4-17-41-32/h2-13,17H,14-16,18-22H2,1H3,(H,43,48)(H,44,45). The number of para-hydroxylation sites is 2. The summed E-state index contributed by atoms with van der Waals surface area (Å²) in [6, 6.07) is 21.8. The molecule has 2 aromatic carbocycles. The molecule has 256 valence electrons. The maximum atomic E-state index is 16.1. The summed E-state index contributed by atoms with van der Waals surface area (Å²) in [6.45, 7) is 5.48. The fourth-order valence-electron chi connectivity index (χ4n) is 7.46. The first-order valence-corrected chi connectivity index (χ1v) is 17.9. The number of aromatic nitrogens is 4. The van der Waals surface area contributed by atoms with Crippen molar-refractivity contribution < 1.29 is 18.7 Å². The molecule has 1 spiro atoms. The number of pyridine rings is 2. The summed E-state index contributed by atoms with van der Waals surface area (Å²) in [5, 5.41) is 3.00. The van der Waals surface area contributed by atoms with Gasteiger partial charge in [0.15, 0.2) is 5.82 Å². The number of nitrogens with zero attached hydrogens (tertiary/aromatic N) is 5. The fraction of sp³-hybridized carbons (Fsp3) is 0.256. The van der Waals surface area contributed by atoms with Crippen LogP contribution in [0.15, 0.2) is 79.0 Å². The van der Waals surface area contributed by atoms with Crippen LogP contribution in [0, 0.1) is 18.2 Å². The van der Waals surface area contributed by atoms with E-state index in [-0.39, 0.29) is 29.6 Å². The van der Waals surface area contributed by atoms with E-state index in [0.717, 1.165) is 55.9 Å². The van der Waals surface area contributed by atoms with Crippen molar-refractivity contribution >= 4 is 51.4 Å². The number of hydrogen-bond donors (Lipinski definition) is 2. The lowest BCUT2D eigenvalue weighted by molar-refractivity contribution is -0.000518. The maximum absolute atomic E-state index is 16.1. The highest BCUT2D eigenvalue weighted by atomic mass is 32.1. The highest BCUT2D eigenvalue weighted by Crippen LogP contribution is 2.46. The van der Waals surface area contributed by atoms with Gasteiger partial charge in [0.2, 0.25) is 0 Å². The minimum Gasteiger partial charge on any atom is -0.381 e. The van der Waals surface area contributed by atoms with Crippen LogP contribution in [0.4, 0.5) is 21.6 Å². The average molecular weight is 700 g/mol. The number of aryl methyl sites for hydroxylation is 1. The van der Waals surface area contributed by atoms with Crippen molar-refractivity contribution in [2.75, 3.05) is 48.0 Å². The van der Waals surface area contributed by atoms with Crippen molar-refractivity contribution in [2.45, 2.75) is 26.2 Å². The first-order chi connectivity index (χ1) is 24.9. The molecule has 0 radical (unpaired) electrons. The Balaban J connectivity index is 0.937. The number of imidazole rings is 1. The molecule has 2 N–H and O–H groups in total. The maximum Gasteiger partial charge on any atom is 0.259 e. The second kappa shape index (κ2) is 12.4. The quantitative estimate of drug-likeness (QED) is 0.195. The van der Waals surface area contributed by atoms with Gasteiger partial charge in [0.05, 0.1) is 27.2 Å². The molecular formula is C39H34FN7O3S. The van der Waals surface area contributed by atoms with E-state index < -0.39 is 0 Å². The number of aromatic amines is 1. The summed E-state index contributed by atoms with van der Waals surface area (Å²) in [7, 11) is 0. The Morgan fingerprint density at radius 3 is 2.57 bits per heavy atom. The third-order valence-electron chi connectivity index (χ3n) is 10.2. The normalized spacial score (nSPS) is 16.4. The van der Waals surface area contributed by atoms with Crippen molar-refractivity contribution in [3.63, 3.8) is 0 Å². The highest BCUT2D eigenvalue weighted by Gasteiger charge is 2.45. The zero-order valence-electron chi connectivity index (χ0n) is 27.9. The number of ether oxygens (including phenoxy) is 1. The lowest BCUT2D eigenvalue weighted by atomic mass is 9.73. The third kappa shape index (κ3) is 5.55. The van der Waals surface area contributed by atoms with Crippen LogP contribution < -0.4 is 15.1 Å². The number of rotatable bonds is 5. The molecule has 3 aliphatic heterocycles. The monoisotopic (exact) mass is 699 g/mol. The van der Waals surface area contributed by atoms with Crippen LogP contribution >= 0.6 is 11.3 Å². The number of amides is 2. The molecular weight excluding hydrogens is 666 g/mol. The topological polar surface area (TPSA) is 116 Å². The lowest BCUT2D eigenvalue weighted by Gasteiger charge is -2.53. The van der Waals surface area contributed by atoms with Crippen molar-refractivity contribution in [3.05, 3.63) is 107 Å². The van der Waals surface area contributed by atoms with Gasteiger partial charge in [-0.25, -0.2) is 14.4 Å². The molecule has 2 fully saturated rings. The number of anilines is 3. The minimum absolute atomic E-state index is 0.236. The summed E-state index contributed by atoms with van der Waals surface area (Å²) in [5.74, 6) is 0.333. The predicted molar refractivity (Wildman–Crippen MR) is 196 cm³/mol. The molecule has 10 nitrogen and oxygen atoms in total. The number of carbonyl (C=O) groups is 2. The van der Waals surface area contributed by atoms with Gasteiger partial charge in [0, 0.05) is 67.0 Å². The third-order valence-corrected chi connectivity index (χ3v) is 11.4. The van der Waals surface area contributed by atoms with Gasteiger partial charge in [-0.1, -0.05) is 12.1 Å². The molecule has 0 unspecified atom stereocenters. The Morgan fingerprint density at radius 1 is 0.961 bits per heavy atom. The molecule has 2 saturated heterocycles. The van der Waals surface area contributed by atoms with Crippen LogP contribution in [0.1, 0.15) is 44.8 Å². The molecule has 0 saturated carbocycles. The Labute approximate surface area is 297 Å². The molecule has 7 heterocycles. The van der Waals surface area contributed by atoms with Crippen LogP contribution in [-0.4, -0.2) is 64.6 Å². The summed E-state index contributed by atoms with van der Waals surface area (Å²) in [5.41, 5.74) is 5.91. The van der Waals surface area contributed by atoms with E-state index >= 15 is 4.39 Å². The van der Waals surface area contributed by atoms with Crippen LogP contribution in [0.25, 0.3) is 32.3 Å². The molecule has 9 rings (SSSR count). The summed E-state index contributed by atoms with van der Waals surface area (Å²) in [4.78, 5) is 49.8. The molecule has 2 amide bonds. The van der Waals surface area contributed by atoms with Crippen molar-refractivity contribution in [1.29, 1.82) is 0 Å². The lowest BCUT2D eigenvalue weighted by Crippen LogP contribution is -2.59. The van der Waals surface area contributed by atoms with E-state index in [4.69, 9.17) is 9.72 Å². The second-order valence-electron chi connectivity index (χ2n) is 13.6. The Morgan fingerprint density at radius 2 is 1.76 bits per heavy atom. The minimum atomic E-state index is -0.343. The van der Waals surface area contributed by atoms with Gasteiger partial charge in [-0.15, -0.1) is 11.3 Å². The molecule has 0 atom stereocenters. The number of benzene rings is 2. The first kappa shape index (κ1) is 31.5. The average Bonchev–Trinajstić information content (AvgIpc) is 3.67. The Bertz CT molecular complexity index is 2290. The van der Waals surface area contributed by atoms with Crippen LogP contribution in [0.3, 0.4) is 0 Å². The SMILES string of the molecule is Cc1ccc(C(=O)Nc2ccc(C(=O)N3CCc4c(sc(-c5nc6ccccc6[nH]5)c4F)-c4ncccc43)cc2)c(N2CC3(CCOCC3)C2)n1. The van der Waals surface area contributed by atoms with Gasteiger partial charge in [0.1, 0.15) is 22.2 Å². The zero-order chi connectivity index (χ0) is 34.7. The van der Waals surface area contributed by atoms with Crippen molar-refractivity contribution in [2.24, 2.45) is 5.41 Å². The van der Waals surface area contributed by atoms with Crippen LogP contribution in [0.2, 0.25) is 0 Å². The second-order valence-corrected chi connectivity index (χ2v) is 14.6. The first-order valence-electron chi connectivity index (χ1n) is 17.1. The molecule has 6 aromatic rings. The van der Waals surface area contributed by atoms with E-state index in [1.54, 1.807) is 41.4 Å². The molecule has 4 aromatic heterocycles. The van der Waals surface area contributed by atoms with E-state index in [9.17, 15) is 9.59 Å². The van der Waals surface area contributed by atoms with Gasteiger partial charge in [-0.05, 0) is 86.8 Å². The van der Waals surface area contributed by atoms with E-state index in [1.807, 2.05) is 49.4 Å². The zero-order valence-corrected chi connectivity index (χ0v) is 28.7. The van der Waals surface area contributed by atoms with Crippen LogP contribution in [-0.2, 0) is 11.2 Å².